The zero-order valence-electron chi connectivity index (χ0n) is 7.57. The minimum absolute atomic E-state index is 0.0834. The maximum Gasteiger partial charge on any atom is 0.282 e. The van der Waals surface area contributed by atoms with E-state index in [1.807, 2.05) is 0 Å². The normalized spacial score (nSPS) is 25.7. The molecule has 1 saturated carbocycles. The second kappa shape index (κ2) is 3.06. The Balaban J connectivity index is 1.97. The molecule has 0 radical (unpaired) electrons. The molecule has 0 aliphatic heterocycles. The molecule has 2 unspecified atom stereocenters. The summed E-state index contributed by atoms with van der Waals surface area (Å²) in [6, 6.07) is 0.358. The van der Waals surface area contributed by atoms with E-state index in [1.165, 1.54) is 0 Å². The van der Waals surface area contributed by atoms with Gasteiger partial charge < -0.3 is 5.32 Å². The van der Waals surface area contributed by atoms with E-state index in [4.69, 9.17) is 0 Å². The fourth-order valence-corrected chi connectivity index (χ4v) is 1.72. The Kier molecular flexibility index (Phi) is 2.03. The van der Waals surface area contributed by atoms with E-state index in [9.17, 15) is 4.79 Å². The van der Waals surface area contributed by atoms with E-state index in [1.54, 1.807) is 6.92 Å². The summed E-state index contributed by atoms with van der Waals surface area (Å²) >= 11 is 1.16. The fraction of sp³-hybridized carbons (Fsp3) is 0.625. The Hall–Kier alpha value is -0.970. The summed E-state index contributed by atoms with van der Waals surface area (Å²) in [5.74, 6) is 1.21. The Morgan fingerprint density at radius 2 is 2.38 bits per heavy atom. The number of hydrogen-bond acceptors (Lipinski definition) is 4. The predicted octanol–water partition coefficient (Wildman–Crippen LogP) is 0.985. The van der Waals surface area contributed by atoms with Crippen molar-refractivity contribution >= 4 is 17.4 Å². The predicted molar refractivity (Wildman–Crippen MR) is 49.7 cm³/mol. The van der Waals surface area contributed by atoms with Crippen molar-refractivity contribution in [3.63, 3.8) is 0 Å². The highest BCUT2D eigenvalue weighted by atomic mass is 32.1. The molecule has 1 aromatic rings. The van der Waals surface area contributed by atoms with Crippen molar-refractivity contribution in [3.8, 4) is 0 Å². The smallest absolute Gasteiger partial charge is 0.282 e. The van der Waals surface area contributed by atoms with Gasteiger partial charge in [-0.3, -0.25) is 4.79 Å². The molecule has 1 aliphatic rings. The van der Waals surface area contributed by atoms with Crippen LogP contribution in [0, 0.1) is 12.8 Å². The van der Waals surface area contributed by atoms with Crippen LogP contribution in [0.2, 0.25) is 0 Å². The molecule has 70 valence electrons. The number of aromatic nitrogens is 2. The number of rotatable bonds is 2. The third-order valence-corrected chi connectivity index (χ3v) is 2.95. The van der Waals surface area contributed by atoms with Crippen LogP contribution in [0.15, 0.2) is 0 Å². The minimum atomic E-state index is -0.0834. The average molecular weight is 197 g/mol. The summed E-state index contributed by atoms with van der Waals surface area (Å²) in [5.41, 5.74) is 0. The molecule has 1 fully saturated rings. The van der Waals surface area contributed by atoms with Gasteiger partial charge in [0, 0.05) is 6.04 Å². The molecule has 1 N–H and O–H groups in total. The summed E-state index contributed by atoms with van der Waals surface area (Å²) in [6.45, 7) is 3.91. The lowest BCUT2D eigenvalue weighted by atomic mass is 10.4. The zero-order valence-corrected chi connectivity index (χ0v) is 8.39. The van der Waals surface area contributed by atoms with Crippen molar-refractivity contribution < 1.29 is 4.79 Å². The summed E-state index contributed by atoms with van der Waals surface area (Å²) in [7, 11) is 0. The van der Waals surface area contributed by atoms with Crippen LogP contribution in [0.25, 0.3) is 0 Å². The van der Waals surface area contributed by atoms with Crippen LogP contribution < -0.4 is 5.32 Å². The number of hydrogen-bond donors (Lipinski definition) is 1. The molecule has 2 atom stereocenters. The number of nitrogens with zero attached hydrogens (tertiary/aromatic N) is 2. The first kappa shape index (κ1) is 8.62. The van der Waals surface area contributed by atoms with Gasteiger partial charge in [0.1, 0.15) is 5.82 Å². The van der Waals surface area contributed by atoms with Crippen LogP contribution in [0.4, 0.5) is 0 Å². The minimum Gasteiger partial charge on any atom is -0.347 e. The van der Waals surface area contributed by atoms with E-state index in [-0.39, 0.29) is 5.91 Å². The Morgan fingerprint density at radius 3 is 2.85 bits per heavy atom. The first-order valence-electron chi connectivity index (χ1n) is 4.28. The molecule has 1 amide bonds. The van der Waals surface area contributed by atoms with Crippen LogP contribution in [-0.4, -0.2) is 21.3 Å². The molecule has 1 aromatic heterocycles. The van der Waals surface area contributed by atoms with Crippen LogP contribution in [0.3, 0.4) is 0 Å². The largest absolute Gasteiger partial charge is 0.347 e. The monoisotopic (exact) mass is 197 g/mol. The van der Waals surface area contributed by atoms with Crippen LogP contribution in [0.1, 0.15) is 29.0 Å². The van der Waals surface area contributed by atoms with Crippen molar-refractivity contribution in [2.24, 2.45) is 5.92 Å². The van der Waals surface area contributed by atoms with Gasteiger partial charge in [-0.15, -0.1) is 0 Å². The lowest BCUT2D eigenvalue weighted by Gasteiger charge is -1.98. The van der Waals surface area contributed by atoms with Gasteiger partial charge in [-0.25, -0.2) is 4.98 Å². The van der Waals surface area contributed by atoms with Crippen LogP contribution in [-0.2, 0) is 0 Å². The van der Waals surface area contributed by atoms with Crippen molar-refractivity contribution in [1.82, 2.24) is 14.7 Å². The summed E-state index contributed by atoms with van der Waals surface area (Å²) < 4.78 is 3.95. The van der Waals surface area contributed by atoms with Crippen LogP contribution in [0.5, 0.6) is 0 Å². The van der Waals surface area contributed by atoms with E-state index in [2.05, 4.69) is 21.6 Å². The third-order valence-electron chi connectivity index (χ3n) is 2.15. The maximum atomic E-state index is 11.5. The van der Waals surface area contributed by atoms with Crippen molar-refractivity contribution in [2.75, 3.05) is 0 Å². The second-order valence-corrected chi connectivity index (χ2v) is 4.19. The van der Waals surface area contributed by atoms with E-state index in [0.29, 0.717) is 22.8 Å². The van der Waals surface area contributed by atoms with E-state index < -0.39 is 0 Å². The number of carbonyl (C=O) groups excluding carboxylic acids is 1. The highest BCUT2D eigenvalue weighted by Crippen LogP contribution is 2.29. The van der Waals surface area contributed by atoms with Crippen molar-refractivity contribution in [3.05, 3.63) is 10.8 Å². The standard InChI is InChI=1S/C8H11N3OS/c1-4-3-6(4)10-7(12)8-9-5(2)11-13-8/h4,6H,3H2,1-2H3,(H,10,12). The summed E-state index contributed by atoms with van der Waals surface area (Å²) in [5, 5.41) is 3.37. The second-order valence-electron chi connectivity index (χ2n) is 3.44. The molecule has 0 spiro atoms. The Morgan fingerprint density at radius 1 is 1.69 bits per heavy atom. The first-order chi connectivity index (χ1) is 6.16. The highest BCUT2D eigenvalue weighted by Gasteiger charge is 2.34. The quantitative estimate of drug-likeness (QED) is 0.769. The van der Waals surface area contributed by atoms with Gasteiger partial charge in [0.15, 0.2) is 0 Å². The molecule has 5 heteroatoms. The number of nitrogens with one attached hydrogen (secondary N) is 1. The van der Waals surface area contributed by atoms with Crippen LogP contribution >= 0.6 is 11.5 Å². The van der Waals surface area contributed by atoms with Gasteiger partial charge in [0.25, 0.3) is 5.91 Å². The van der Waals surface area contributed by atoms with Gasteiger partial charge in [-0.05, 0) is 30.8 Å². The van der Waals surface area contributed by atoms with E-state index >= 15 is 0 Å². The number of carbonyl (C=O) groups is 1. The molecule has 0 saturated heterocycles. The lowest BCUT2D eigenvalue weighted by molar-refractivity contribution is 0.0949. The summed E-state index contributed by atoms with van der Waals surface area (Å²) in [6.07, 6.45) is 1.09. The molecule has 4 nitrogen and oxygen atoms in total. The fourth-order valence-electron chi connectivity index (χ4n) is 1.14. The summed E-state index contributed by atoms with van der Waals surface area (Å²) in [4.78, 5) is 15.5. The molecule has 1 aliphatic carbocycles. The molecular formula is C8H11N3OS. The molecule has 1 heterocycles. The van der Waals surface area contributed by atoms with Gasteiger partial charge in [0.2, 0.25) is 5.01 Å². The molecule has 2 rings (SSSR count). The van der Waals surface area contributed by atoms with E-state index in [0.717, 1.165) is 18.0 Å². The molecule has 0 bridgehead atoms. The van der Waals surface area contributed by atoms with Gasteiger partial charge in [-0.2, -0.15) is 4.37 Å². The Bertz CT molecular complexity index is 336. The van der Waals surface area contributed by atoms with Gasteiger partial charge in [-0.1, -0.05) is 6.92 Å². The first-order valence-corrected chi connectivity index (χ1v) is 5.05. The average Bonchev–Trinajstić information content (AvgIpc) is 2.62. The SMILES string of the molecule is Cc1nsc(C(=O)NC2CC2C)n1. The van der Waals surface area contributed by atoms with Gasteiger partial charge in [0.05, 0.1) is 0 Å². The lowest BCUT2D eigenvalue weighted by Crippen LogP contribution is -2.26. The zero-order chi connectivity index (χ0) is 9.42. The maximum absolute atomic E-state index is 11.5. The molecule has 13 heavy (non-hydrogen) atoms. The van der Waals surface area contributed by atoms with Gasteiger partial charge >= 0.3 is 0 Å². The van der Waals surface area contributed by atoms with Crippen molar-refractivity contribution in [2.45, 2.75) is 26.3 Å². The highest BCUT2D eigenvalue weighted by molar-refractivity contribution is 7.07. The topological polar surface area (TPSA) is 54.9 Å². The number of aryl methyl sites for hydroxylation is 1. The molecule has 0 aromatic carbocycles. The van der Waals surface area contributed by atoms with Crippen molar-refractivity contribution in [1.29, 1.82) is 0 Å². The Labute approximate surface area is 80.5 Å². The molecular weight excluding hydrogens is 186 g/mol. The third kappa shape index (κ3) is 1.85. The number of amides is 1.